The molecule has 0 spiro atoms. The van der Waals surface area contributed by atoms with Gasteiger partial charge < -0.3 is 15.0 Å². The molecule has 0 aromatic heterocycles. The van der Waals surface area contributed by atoms with Crippen LogP contribution in [0.15, 0.2) is 60.7 Å². The predicted octanol–water partition coefficient (Wildman–Crippen LogP) is 4.14. The van der Waals surface area contributed by atoms with Gasteiger partial charge in [-0.15, -0.1) is 0 Å². The molecular formula is C24H23FN2O4. The summed E-state index contributed by atoms with van der Waals surface area (Å²) in [7, 11) is 1.55. The molecule has 0 aliphatic rings. The Morgan fingerprint density at radius 3 is 2.35 bits per heavy atom. The number of fused-ring (bicyclic) bond motifs is 1. The Kier molecular flexibility index (Phi) is 6.65. The van der Waals surface area contributed by atoms with E-state index in [2.05, 4.69) is 5.32 Å². The molecule has 160 valence electrons. The standard InChI is InChI=1S/C24H23FN2O4/c1-15(23(29)27(3)14-17-7-6-10-20(25)11-17)31-24(30)21-12-18-8-4-5-9-19(18)13-22(21)26-16(2)28/h4-13,15H,14H2,1-3H3,(H,26,28). The number of halogens is 1. The molecule has 2 amide bonds. The first-order valence-electron chi connectivity index (χ1n) is 9.75. The summed E-state index contributed by atoms with van der Waals surface area (Å²) < 4.78 is 18.8. The number of nitrogens with one attached hydrogen (secondary N) is 1. The Balaban J connectivity index is 1.77. The normalized spacial score (nSPS) is 11.6. The van der Waals surface area contributed by atoms with Gasteiger partial charge in [0.2, 0.25) is 5.91 Å². The zero-order valence-corrected chi connectivity index (χ0v) is 17.5. The minimum atomic E-state index is -1.07. The second-order valence-electron chi connectivity index (χ2n) is 7.30. The number of carbonyl (C=O) groups is 3. The van der Waals surface area contributed by atoms with Crippen molar-refractivity contribution in [2.45, 2.75) is 26.5 Å². The Morgan fingerprint density at radius 2 is 1.71 bits per heavy atom. The second kappa shape index (κ2) is 9.38. The Bertz CT molecular complexity index is 1150. The molecule has 0 saturated carbocycles. The summed E-state index contributed by atoms with van der Waals surface area (Å²) >= 11 is 0. The van der Waals surface area contributed by atoms with Gasteiger partial charge in [-0.2, -0.15) is 0 Å². The van der Waals surface area contributed by atoms with Crippen LogP contribution in [0.5, 0.6) is 0 Å². The maximum absolute atomic E-state index is 13.4. The van der Waals surface area contributed by atoms with Crippen LogP contribution < -0.4 is 5.32 Å². The molecule has 7 heteroatoms. The molecule has 3 aromatic rings. The Morgan fingerprint density at radius 1 is 1.03 bits per heavy atom. The average molecular weight is 422 g/mol. The summed E-state index contributed by atoms with van der Waals surface area (Å²) in [4.78, 5) is 38.5. The van der Waals surface area contributed by atoms with Crippen molar-refractivity contribution >= 4 is 34.2 Å². The average Bonchev–Trinajstić information content (AvgIpc) is 2.72. The van der Waals surface area contributed by atoms with Gasteiger partial charge >= 0.3 is 5.97 Å². The SMILES string of the molecule is CC(=O)Nc1cc2ccccc2cc1C(=O)OC(C)C(=O)N(C)Cc1cccc(F)c1. The van der Waals surface area contributed by atoms with E-state index in [4.69, 9.17) is 4.74 Å². The Labute approximate surface area is 179 Å². The lowest BCUT2D eigenvalue weighted by Crippen LogP contribution is -2.37. The van der Waals surface area contributed by atoms with Gasteiger partial charge in [0.1, 0.15) is 5.82 Å². The van der Waals surface area contributed by atoms with Gasteiger partial charge in [-0.3, -0.25) is 9.59 Å². The van der Waals surface area contributed by atoms with Gasteiger partial charge in [0.15, 0.2) is 6.10 Å². The fourth-order valence-electron chi connectivity index (χ4n) is 3.27. The zero-order chi connectivity index (χ0) is 22.5. The third-order valence-electron chi connectivity index (χ3n) is 4.73. The smallest absolute Gasteiger partial charge is 0.341 e. The van der Waals surface area contributed by atoms with Crippen molar-refractivity contribution in [3.63, 3.8) is 0 Å². The van der Waals surface area contributed by atoms with Crippen LogP contribution in [-0.2, 0) is 20.9 Å². The number of hydrogen-bond acceptors (Lipinski definition) is 4. The lowest BCUT2D eigenvalue weighted by molar-refractivity contribution is -0.139. The summed E-state index contributed by atoms with van der Waals surface area (Å²) in [5.41, 5.74) is 1.09. The van der Waals surface area contributed by atoms with Gasteiger partial charge in [0.05, 0.1) is 11.3 Å². The first-order chi connectivity index (χ1) is 14.7. The van der Waals surface area contributed by atoms with Crippen LogP contribution in [0, 0.1) is 5.82 Å². The second-order valence-corrected chi connectivity index (χ2v) is 7.30. The van der Waals surface area contributed by atoms with E-state index in [1.807, 2.05) is 24.3 Å². The van der Waals surface area contributed by atoms with Gasteiger partial charge in [-0.25, -0.2) is 9.18 Å². The van der Waals surface area contributed by atoms with E-state index < -0.39 is 18.0 Å². The lowest BCUT2D eigenvalue weighted by atomic mass is 10.0. The Hall–Kier alpha value is -3.74. The van der Waals surface area contributed by atoms with Crippen LogP contribution in [0.2, 0.25) is 0 Å². The molecule has 31 heavy (non-hydrogen) atoms. The van der Waals surface area contributed by atoms with Gasteiger partial charge in [-0.1, -0.05) is 36.4 Å². The van der Waals surface area contributed by atoms with Gasteiger partial charge in [0, 0.05) is 20.5 Å². The molecule has 0 saturated heterocycles. The molecule has 6 nitrogen and oxygen atoms in total. The minimum Gasteiger partial charge on any atom is -0.449 e. The lowest BCUT2D eigenvalue weighted by Gasteiger charge is -2.22. The van der Waals surface area contributed by atoms with Crippen molar-refractivity contribution in [2.75, 3.05) is 12.4 Å². The number of anilines is 1. The van der Waals surface area contributed by atoms with E-state index in [1.54, 1.807) is 31.3 Å². The molecule has 3 aromatic carbocycles. The number of nitrogens with zero attached hydrogens (tertiary/aromatic N) is 1. The van der Waals surface area contributed by atoms with E-state index >= 15 is 0 Å². The number of benzene rings is 3. The predicted molar refractivity (Wildman–Crippen MR) is 116 cm³/mol. The molecule has 0 heterocycles. The van der Waals surface area contributed by atoms with Crippen molar-refractivity contribution in [3.05, 3.63) is 77.6 Å². The molecule has 3 rings (SSSR count). The fourth-order valence-corrected chi connectivity index (χ4v) is 3.27. The van der Waals surface area contributed by atoms with Crippen LogP contribution >= 0.6 is 0 Å². The topological polar surface area (TPSA) is 75.7 Å². The third-order valence-corrected chi connectivity index (χ3v) is 4.73. The molecule has 1 unspecified atom stereocenters. The number of amides is 2. The zero-order valence-electron chi connectivity index (χ0n) is 17.5. The number of carbonyl (C=O) groups excluding carboxylic acids is 3. The monoisotopic (exact) mass is 422 g/mol. The largest absolute Gasteiger partial charge is 0.449 e. The summed E-state index contributed by atoms with van der Waals surface area (Å²) in [5.74, 6) is -1.88. The van der Waals surface area contributed by atoms with Crippen LogP contribution in [0.25, 0.3) is 10.8 Å². The van der Waals surface area contributed by atoms with E-state index in [9.17, 15) is 18.8 Å². The first kappa shape index (κ1) is 22.0. The van der Waals surface area contributed by atoms with Crippen molar-refractivity contribution in [1.82, 2.24) is 4.90 Å². The summed E-state index contributed by atoms with van der Waals surface area (Å²) in [6.07, 6.45) is -1.07. The maximum atomic E-state index is 13.4. The molecule has 0 bridgehead atoms. The van der Waals surface area contributed by atoms with E-state index in [0.29, 0.717) is 11.3 Å². The molecule has 0 aliphatic carbocycles. The molecule has 0 fully saturated rings. The van der Waals surface area contributed by atoms with Crippen molar-refractivity contribution in [3.8, 4) is 0 Å². The van der Waals surface area contributed by atoms with Crippen LogP contribution in [0.4, 0.5) is 10.1 Å². The maximum Gasteiger partial charge on any atom is 0.341 e. The number of esters is 1. The highest BCUT2D eigenvalue weighted by molar-refractivity contribution is 6.06. The van der Waals surface area contributed by atoms with E-state index in [-0.39, 0.29) is 23.8 Å². The van der Waals surface area contributed by atoms with Gasteiger partial charge in [-0.05, 0) is 47.5 Å². The molecule has 0 aliphatic heterocycles. The van der Waals surface area contributed by atoms with Gasteiger partial charge in [0.25, 0.3) is 5.91 Å². The number of likely N-dealkylation sites (N-methyl/N-ethyl adjacent to an activating group) is 1. The van der Waals surface area contributed by atoms with Crippen LogP contribution in [0.3, 0.4) is 0 Å². The first-order valence-corrected chi connectivity index (χ1v) is 9.75. The van der Waals surface area contributed by atoms with E-state index in [1.165, 1.54) is 30.9 Å². The molecule has 1 atom stereocenters. The quantitative estimate of drug-likeness (QED) is 0.606. The molecular weight excluding hydrogens is 399 g/mol. The minimum absolute atomic E-state index is 0.154. The highest BCUT2D eigenvalue weighted by Gasteiger charge is 2.24. The van der Waals surface area contributed by atoms with Crippen LogP contribution in [-0.4, -0.2) is 35.8 Å². The van der Waals surface area contributed by atoms with Crippen LogP contribution in [0.1, 0.15) is 29.8 Å². The van der Waals surface area contributed by atoms with Crippen molar-refractivity contribution in [1.29, 1.82) is 0 Å². The molecule has 0 radical (unpaired) electrons. The summed E-state index contributed by atoms with van der Waals surface area (Å²) in [6.45, 7) is 2.99. The number of hydrogen-bond donors (Lipinski definition) is 1. The third kappa shape index (κ3) is 5.45. The number of ether oxygens (including phenoxy) is 1. The van der Waals surface area contributed by atoms with Crippen molar-refractivity contribution in [2.24, 2.45) is 0 Å². The summed E-state index contributed by atoms with van der Waals surface area (Å²) in [5, 5.41) is 4.28. The highest BCUT2D eigenvalue weighted by Crippen LogP contribution is 2.25. The van der Waals surface area contributed by atoms with E-state index in [0.717, 1.165) is 10.8 Å². The van der Waals surface area contributed by atoms with Crippen molar-refractivity contribution < 1.29 is 23.5 Å². The highest BCUT2D eigenvalue weighted by atomic mass is 19.1. The summed E-state index contributed by atoms with van der Waals surface area (Å²) in [6, 6.07) is 16.6. The number of rotatable bonds is 6. The molecule has 1 N–H and O–H groups in total. The fraction of sp³-hybridized carbons (Fsp3) is 0.208.